The fourth-order valence-electron chi connectivity index (χ4n) is 1.94. The molecule has 0 rings (SSSR count). The highest BCUT2D eigenvalue weighted by Crippen LogP contribution is 1.98. The smallest absolute Gasteiger partial charge is 0.245 e. The first-order valence-corrected chi connectivity index (χ1v) is 8.89. The highest BCUT2D eigenvalue weighted by Gasteiger charge is 1.99. The summed E-state index contributed by atoms with van der Waals surface area (Å²) in [6.07, 6.45) is 6.73. The summed E-state index contributed by atoms with van der Waals surface area (Å²) in [6.45, 7) is 7.48. The molecule has 0 saturated heterocycles. The van der Waals surface area contributed by atoms with Crippen molar-refractivity contribution in [1.82, 2.24) is 10.6 Å². The summed E-state index contributed by atoms with van der Waals surface area (Å²) in [5.41, 5.74) is 0. The van der Waals surface area contributed by atoms with E-state index < -0.39 is 0 Å². The molecule has 0 saturated carbocycles. The van der Waals surface area contributed by atoms with Crippen LogP contribution in [0.2, 0.25) is 0 Å². The SMILES string of the molecule is CCOCC(=O)NCCCCCOCCCCCNC(=O)CC. The summed E-state index contributed by atoms with van der Waals surface area (Å²) in [6, 6.07) is 0. The fraction of sp³-hybridized carbons (Fsp3) is 0.882. The number of rotatable bonds is 16. The van der Waals surface area contributed by atoms with Crippen LogP contribution >= 0.6 is 0 Å². The van der Waals surface area contributed by atoms with Crippen molar-refractivity contribution >= 4 is 11.8 Å². The first-order valence-electron chi connectivity index (χ1n) is 8.89. The third-order valence-corrected chi connectivity index (χ3v) is 3.33. The van der Waals surface area contributed by atoms with Crippen molar-refractivity contribution in [3.63, 3.8) is 0 Å². The van der Waals surface area contributed by atoms with Crippen LogP contribution in [0.25, 0.3) is 0 Å². The number of nitrogens with one attached hydrogen (secondary N) is 2. The second kappa shape index (κ2) is 17.2. The lowest BCUT2D eigenvalue weighted by molar-refractivity contribution is -0.125. The van der Waals surface area contributed by atoms with E-state index in [0.29, 0.717) is 19.6 Å². The van der Waals surface area contributed by atoms with Gasteiger partial charge in [0.1, 0.15) is 6.61 Å². The number of hydrogen-bond acceptors (Lipinski definition) is 4. The molecule has 2 N–H and O–H groups in total. The van der Waals surface area contributed by atoms with E-state index in [1.165, 1.54) is 0 Å². The molecule has 0 aromatic heterocycles. The normalized spacial score (nSPS) is 10.5. The first-order chi connectivity index (χ1) is 11.2. The van der Waals surface area contributed by atoms with Gasteiger partial charge in [-0.25, -0.2) is 0 Å². The predicted octanol–water partition coefficient (Wildman–Crippen LogP) is 2.02. The van der Waals surface area contributed by atoms with Gasteiger partial charge < -0.3 is 20.1 Å². The lowest BCUT2D eigenvalue weighted by Gasteiger charge is -2.06. The third-order valence-electron chi connectivity index (χ3n) is 3.33. The van der Waals surface area contributed by atoms with E-state index in [2.05, 4.69) is 10.6 Å². The van der Waals surface area contributed by atoms with Crippen LogP contribution < -0.4 is 10.6 Å². The molecule has 6 nitrogen and oxygen atoms in total. The van der Waals surface area contributed by atoms with Crippen molar-refractivity contribution in [3.8, 4) is 0 Å². The van der Waals surface area contributed by atoms with Gasteiger partial charge in [0.15, 0.2) is 0 Å². The van der Waals surface area contributed by atoms with Crippen LogP contribution in [0.4, 0.5) is 0 Å². The molecule has 0 unspecified atom stereocenters. The standard InChI is InChI=1S/C17H34N2O4/c1-3-16(20)18-11-7-5-9-13-23-14-10-6-8-12-19-17(21)15-22-4-2/h3-15H2,1-2H3,(H,18,20)(H,19,21). The minimum absolute atomic E-state index is 0.0433. The topological polar surface area (TPSA) is 76.7 Å². The van der Waals surface area contributed by atoms with Crippen LogP contribution in [0.5, 0.6) is 0 Å². The zero-order chi connectivity index (χ0) is 17.2. The third kappa shape index (κ3) is 17.1. The number of carbonyl (C=O) groups is 2. The van der Waals surface area contributed by atoms with Gasteiger partial charge >= 0.3 is 0 Å². The molecule has 23 heavy (non-hydrogen) atoms. The summed E-state index contributed by atoms with van der Waals surface area (Å²) >= 11 is 0. The maximum absolute atomic E-state index is 11.3. The van der Waals surface area contributed by atoms with Crippen molar-refractivity contribution in [2.75, 3.05) is 39.5 Å². The molecule has 0 radical (unpaired) electrons. The average Bonchev–Trinajstić information content (AvgIpc) is 2.56. The first kappa shape index (κ1) is 21.9. The molecular formula is C17H34N2O4. The van der Waals surface area contributed by atoms with Gasteiger partial charge in [-0.1, -0.05) is 6.92 Å². The van der Waals surface area contributed by atoms with Gasteiger partial charge in [-0.2, -0.15) is 0 Å². The highest BCUT2D eigenvalue weighted by molar-refractivity contribution is 5.77. The quantitative estimate of drug-likeness (QED) is 0.425. The number of ether oxygens (including phenoxy) is 2. The Bertz CT molecular complexity index is 298. The van der Waals surface area contributed by atoms with Gasteiger partial charge in [0.05, 0.1) is 0 Å². The number of amides is 2. The van der Waals surface area contributed by atoms with Gasteiger partial charge in [0.2, 0.25) is 11.8 Å². The predicted molar refractivity (Wildman–Crippen MR) is 91.3 cm³/mol. The molecule has 0 aromatic rings. The van der Waals surface area contributed by atoms with E-state index in [1.807, 2.05) is 13.8 Å². The largest absolute Gasteiger partial charge is 0.381 e. The lowest BCUT2D eigenvalue weighted by atomic mass is 10.2. The molecule has 136 valence electrons. The molecule has 0 spiro atoms. The summed E-state index contributed by atoms with van der Waals surface area (Å²) < 4.78 is 10.6. The minimum atomic E-state index is -0.0433. The molecule has 0 aliphatic heterocycles. The van der Waals surface area contributed by atoms with Gasteiger partial charge in [-0.05, 0) is 45.4 Å². The zero-order valence-electron chi connectivity index (χ0n) is 14.8. The van der Waals surface area contributed by atoms with Gasteiger partial charge in [0.25, 0.3) is 0 Å². The maximum atomic E-state index is 11.3. The van der Waals surface area contributed by atoms with E-state index >= 15 is 0 Å². The average molecular weight is 330 g/mol. The Morgan fingerprint density at radius 3 is 1.83 bits per heavy atom. The van der Waals surface area contributed by atoms with E-state index in [1.54, 1.807) is 0 Å². The molecule has 0 fully saturated rings. The summed E-state index contributed by atoms with van der Waals surface area (Å²) in [7, 11) is 0. The van der Waals surface area contributed by atoms with Crippen molar-refractivity contribution in [3.05, 3.63) is 0 Å². The Kier molecular flexibility index (Phi) is 16.4. The molecule has 0 aliphatic carbocycles. The Labute approximate surface area is 140 Å². The van der Waals surface area contributed by atoms with Gasteiger partial charge in [-0.3, -0.25) is 9.59 Å². The molecule has 0 aliphatic rings. The summed E-state index contributed by atoms with van der Waals surface area (Å²) in [5.74, 6) is 0.0774. The minimum Gasteiger partial charge on any atom is -0.381 e. The van der Waals surface area contributed by atoms with Crippen LogP contribution in [0.3, 0.4) is 0 Å². The second-order valence-electron chi connectivity index (χ2n) is 5.42. The molecule has 0 heterocycles. The summed E-state index contributed by atoms with van der Waals surface area (Å²) in [4.78, 5) is 22.3. The van der Waals surface area contributed by atoms with Gasteiger partial charge in [-0.15, -0.1) is 0 Å². The Morgan fingerprint density at radius 1 is 0.739 bits per heavy atom. The van der Waals surface area contributed by atoms with Crippen molar-refractivity contribution in [2.24, 2.45) is 0 Å². The van der Waals surface area contributed by atoms with Crippen LogP contribution in [0, 0.1) is 0 Å². The van der Waals surface area contributed by atoms with Crippen LogP contribution in [-0.2, 0) is 19.1 Å². The number of carbonyl (C=O) groups excluding carboxylic acids is 2. The maximum Gasteiger partial charge on any atom is 0.245 e. The van der Waals surface area contributed by atoms with E-state index in [0.717, 1.165) is 58.3 Å². The molecule has 2 amide bonds. The Hall–Kier alpha value is -1.14. The highest BCUT2D eigenvalue weighted by atomic mass is 16.5. The Morgan fingerprint density at radius 2 is 1.30 bits per heavy atom. The molecule has 0 atom stereocenters. The van der Waals surface area contributed by atoms with Crippen LogP contribution in [0.15, 0.2) is 0 Å². The molecule has 0 bridgehead atoms. The molecular weight excluding hydrogens is 296 g/mol. The number of hydrogen-bond donors (Lipinski definition) is 2. The van der Waals surface area contributed by atoms with Crippen molar-refractivity contribution in [2.45, 2.75) is 58.8 Å². The van der Waals surface area contributed by atoms with Crippen LogP contribution in [0.1, 0.15) is 58.8 Å². The van der Waals surface area contributed by atoms with E-state index in [9.17, 15) is 9.59 Å². The number of unbranched alkanes of at least 4 members (excludes halogenated alkanes) is 4. The van der Waals surface area contributed by atoms with Gasteiger partial charge in [0, 0.05) is 39.3 Å². The van der Waals surface area contributed by atoms with E-state index in [4.69, 9.17) is 9.47 Å². The molecule has 0 aromatic carbocycles. The fourth-order valence-corrected chi connectivity index (χ4v) is 1.94. The van der Waals surface area contributed by atoms with Crippen molar-refractivity contribution in [1.29, 1.82) is 0 Å². The second-order valence-corrected chi connectivity index (χ2v) is 5.42. The van der Waals surface area contributed by atoms with E-state index in [-0.39, 0.29) is 18.4 Å². The van der Waals surface area contributed by atoms with Crippen molar-refractivity contribution < 1.29 is 19.1 Å². The monoisotopic (exact) mass is 330 g/mol. The zero-order valence-corrected chi connectivity index (χ0v) is 14.8. The lowest BCUT2D eigenvalue weighted by Crippen LogP contribution is -2.28. The molecule has 6 heteroatoms. The van der Waals surface area contributed by atoms with Crippen LogP contribution in [-0.4, -0.2) is 51.3 Å². The summed E-state index contributed by atoms with van der Waals surface area (Å²) in [5, 5.41) is 5.69. The Balaban J connectivity index is 3.10.